The van der Waals surface area contributed by atoms with Gasteiger partial charge in [0.1, 0.15) is 0 Å². The van der Waals surface area contributed by atoms with Crippen LogP contribution < -0.4 is 0 Å². The maximum Gasteiger partial charge on any atom is -0.00135 e. The molecule has 136 valence electrons. The lowest BCUT2D eigenvalue weighted by atomic mass is 9.83. The van der Waals surface area contributed by atoms with E-state index in [1.165, 1.54) is 55.6 Å². The van der Waals surface area contributed by atoms with Gasteiger partial charge in [-0.05, 0) is 71.2 Å². The van der Waals surface area contributed by atoms with Gasteiger partial charge in [0.25, 0.3) is 0 Å². The van der Waals surface area contributed by atoms with E-state index in [0.717, 1.165) is 12.8 Å². The zero-order chi connectivity index (χ0) is 19.1. The Balaban J connectivity index is 1.84. The molecule has 0 spiro atoms. The molecule has 4 aromatic carbocycles. The summed E-state index contributed by atoms with van der Waals surface area (Å²) in [7, 11) is 0. The maximum atomic E-state index is 2.36. The molecule has 0 aliphatic heterocycles. The number of aryl methyl sites for hydroxylation is 2. The molecule has 1 aliphatic rings. The zero-order valence-corrected chi connectivity index (χ0v) is 16.5. The highest BCUT2D eigenvalue weighted by Gasteiger charge is 2.17. The van der Waals surface area contributed by atoms with Gasteiger partial charge in [0.05, 0.1) is 0 Å². The fraction of sp³-hybridized carbons (Fsp3) is 0.143. The SMILES string of the molecule is Cc1ccc2c(c1)-c1ccccc1Cc1ccc(C)cc1-c1ccccc1C2. The van der Waals surface area contributed by atoms with E-state index in [1.54, 1.807) is 0 Å². The molecule has 5 rings (SSSR count). The summed E-state index contributed by atoms with van der Waals surface area (Å²) in [6, 6.07) is 31.7. The van der Waals surface area contributed by atoms with Gasteiger partial charge in [-0.3, -0.25) is 0 Å². The van der Waals surface area contributed by atoms with E-state index in [1.807, 2.05) is 0 Å². The van der Waals surface area contributed by atoms with Crippen molar-refractivity contribution >= 4 is 0 Å². The molecule has 0 N–H and O–H groups in total. The second kappa shape index (κ2) is 6.80. The van der Waals surface area contributed by atoms with Crippen LogP contribution in [0.3, 0.4) is 0 Å². The third-order valence-electron chi connectivity index (χ3n) is 5.91. The van der Waals surface area contributed by atoms with Gasteiger partial charge in [-0.1, -0.05) is 96.1 Å². The third-order valence-corrected chi connectivity index (χ3v) is 5.91. The highest BCUT2D eigenvalue weighted by atomic mass is 14.2. The van der Waals surface area contributed by atoms with Crippen LogP contribution >= 0.6 is 0 Å². The molecule has 4 aromatic rings. The Hall–Kier alpha value is -3.12. The first-order valence-corrected chi connectivity index (χ1v) is 10.0. The van der Waals surface area contributed by atoms with Gasteiger partial charge in [-0.2, -0.15) is 0 Å². The summed E-state index contributed by atoms with van der Waals surface area (Å²) in [6.07, 6.45) is 1.90. The number of benzene rings is 4. The van der Waals surface area contributed by atoms with Crippen molar-refractivity contribution in [3.63, 3.8) is 0 Å². The number of fused-ring (bicyclic) bond motifs is 6. The van der Waals surface area contributed by atoms with Crippen LogP contribution in [-0.2, 0) is 12.8 Å². The van der Waals surface area contributed by atoms with Crippen molar-refractivity contribution in [2.75, 3.05) is 0 Å². The summed E-state index contributed by atoms with van der Waals surface area (Å²) in [5, 5.41) is 0. The van der Waals surface area contributed by atoms with Crippen LogP contribution in [0.4, 0.5) is 0 Å². The minimum atomic E-state index is 0.952. The average molecular weight is 361 g/mol. The van der Waals surface area contributed by atoms with E-state index in [9.17, 15) is 0 Å². The lowest BCUT2D eigenvalue weighted by Crippen LogP contribution is -2.03. The molecule has 0 aromatic heterocycles. The Labute approximate surface area is 167 Å². The van der Waals surface area contributed by atoms with E-state index >= 15 is 0 Å². The predicted octanol–water partition coefficient (Wildman–Crippen LogP) is 7.13. The van der Waals surface area contributed by atoms with E-state index < -0.39 is 0 Å². The van der Waals surface area contributed by atoms with Crippen LogP contribution in [0.5, 0.6) is 0 Å². The maximum absolute atomic E-state index is 2.36. The van der Waals surface area contributed by atoms with Crippen LogP contribution in [-0.4, -0.2) is 0 Å². The van der Waals surface area contributed by atoms with Crippen molar-refractivity contribution in [1.29, 1.82) is 0 Å². The molecule has 0 fully saturated rings. The second-order valence-corrected chi connectivity index (χ2v) is 7.99. The molecule has 0 saturated carbocycles. The molecule has 0 amide bonds. The number of rotatable bonds is 0. The van der Waals surface area contributed by atoms with Crippen molar-refractivity contribution in [2.24, 2.45) is 0 Å². The average Bonchev–Trinajstić information content (AvgIpc) is 2.71. The van der Waals surface area contributed by atoms with Crippen LogP contribution in [0.15, 0.2) is 84.9 Å². The number of hydrogen-bond acceptors (Lipinski definition) is 0. The summed E-state index contributed by atoms with van der Waals surface area (Å²) in [6.45, 7) is 4.38. The first-order valence-electron chi connectivity index (χ1n) is 10.0. The molecular weight excluding hydrogens is 336 g/mol. The fourth-order valence-corrected chi connectivity index (χ4v) is 4.48. The van der Waals surface area contributed by atoms with Crippen LogP contribution in [0, 0.1) is 13.8 Å². The first kappa shape index (κ1) is 17.0. The Kier molecular flexibility index (Phi) is 4.13. The molecule has 1 aliphatic carbocycles. The van der Waals surface area contributed by atoms with Crippen LogP contribution in [0.2, 0.25) is 0 Å². The summed E-state index contributed by atoms with van der Waals surface area (Å²) >= 11 is 0. The molecule has 0 heteroatoms. The van der Waals surface area contributed by atoms with Crippen molar-refractivity contribution in [3.05, 3.63) is 118 Å². The summed E-state index contributed by atoms with van der Waals surface area (Å²) in [5.41, 5.74) is 13.7. The van der Waals surface area contributed by atoms with Crippen LogP contribution in [0.25, 0.3) is 22.3 Å². The number of hydrogen-bond donors (Lipinski definition) is 0. The second-order valence-electron chi connectivity index (χ2n) is 7.99. The quantitative estimate of drug-likeness (QED) is 0.275. The summed E-state index contributed by atoms with van der Waals surface area (Å²) in [4.78, 5) is 0. The van der Waals surface area contributed by atoms with E-state index in [2.05, 4.69) is 98.8 Å². The molecule has 0 heterocycles. The van der Waals surface area contributed by atoms with Crippen molar-refractivity contribution in [1.82, 2.24) is 0 Å². The topological polar surface area (TPSA) is 0 Å². The van der Waals surface area contributed by atoms with Crippen molar-refractivity contribution in [3.8, 4) is 22.3 Å². The Morgan fingerprint density at radius 2 is 0.821 bits per heavy atom. The standard InChI is InChI=1S/C28H24/c1-19-11-13-23-17-22-8-4-6-10-26(22)28-16-20(2)12-14-24(28)18-21-7-3-5-9-25(21)27(23)15-19/h3-16H,17-18H2,1-2H3. The van der Waals surface area contributed by atoms with Gasteiger partial charge in [0, 0.05) is 0 Å². The molecule has 28 heavy (non-hydrogen) atoms. The van der Waals surface area contributed by atoms with Gasteiger partial charge in [0.2, 0.25) is 0 Å². The largest absolute Gasteiger partial charge is 0.0619 e. The van der Waals surface area contributed by atoms with Gasteiger partial charge in [0.15, 0.2) is 0 Å². The summed E-state index contributed by atoms with van der Waals surface area (Å²) < 4.78 is 0. The lowest BCUT2D eigenvalue weighted by Gasteiger charge is -2.21. The monoisotopic (exact) mass is 360 g/mol. The molecular formula is C28H24. The van der Waals surface area contributed by atoms with E-state index in [-0.39, 0.29) is 0 Å². The summed E-state index contributed by atoms with van der Waals surface area (Å²) in [5.74, 6) is 0. The smallest absolute Gasteiger partial charge is 0.00135 e. The molecule has 0 bridgehead atoms. The van der Waals surface area contributed by atoms with Crippen molar-refractivity contribution < 1.29 is 0 Å². The van der Waals surface area contributed by atoms with Gasteiger partial charge >= 0.3 is 0 Å². The molecule has 0 nitrogen and oxygen atoms in total. The molecule has 0 atom stereocenters. The Morgan fingerprint density at radius 1 is 0.429 bits per heavy atom. The van der Waals surface area contributed by atoms with E-state index in [0.29, 0.717) is 0 Å². The fourth-order valence-electron chi connectivity index (χ4n) is 4.48. The Morgan fingerprint density at radius 3 is 1.29 bits per heavy atom. The van der Waals surface area contributed by atoms with Crippen LogP contribution in [0.1, 0.15) is 33.4 Å². The lowest BCUT2D eigenvalue weighted by molar-refractivity contribution is 1.14. The third kappa shape index (κ3) is 2.96. The highest BCUT2D eigenvalue weighted by molar-refractivity contribution is 5.78. The highest BCUT2D eigenvalue weighted by Crippen LogP contribution is 2.37. The molecule has 0 radical (unpaired) electrons. The first-order chi connectivity index (χ1) is 13.7. The van der Waals surface area contributed by atoms with Gasteiger partial charge in [-0.15, -0.1) is 0 Å². The molecule has 0 saturated heterocycles. The Bertz CT molecular complexity index is 1090. The minimum Gasteiger partial charge on any atom is -0.0619 e. The zero-order valence-electron chi connectivity index (χ0n) is 16.5. The van der Waals surface area contributed by atoms with Crippen molar-refractivity contribution in [2.45, 2.75) is 26.7 Å². The van der Waals surface area contributed by atoms with Gasteiger partial charge in [-0.25, -0.2) is 0 Å². The van der Waals surface area contributed by atoms with E-state index in [4.69, 9.17) is 0 Å². The molecule has 0 unspecified atom stereocenters. The predicted molar refractivity (Wildman–Crippen MR) is 119 cm³/mol. The normalized spacial score (nSPS) is 12.4. The van der Waals surface area contributed by atoms with Gasteiger partial charge < -0.3 is 0 Å². The minimum absolute atomic E-state index is 0.952.